The molecule has 2 unspecified atom stereocenters. The molecule has 166 valence electrons. The Hall–Kier alpha value is -3.06. The fraction of sp³-hybridized carbons (Fsp3) is 0.308. The Morgan fingerprint density at radius 1 is 0.969 bits per heavy atom. The lowest BCUT2D eigenvalue weighted by Crippen LogP contribution is -2.55. The van der Waals surface area contributed by atoms with Crippen LogP contribution in [0.25, 0.3) is 11.1 Å². The van der Waals surface area contributed by atoms with Gasteiger partial charge in [-0.25, -0.2) is 5.48 Å². The van der Waals surface area contributed by atoms with Crippen molar-refractivity contribution < 1.29 is 10.0 Å². The summed E-state index contributed by atoms with van der Waals surface area (Å²) in [5.74, 6) is -0.486. The van der Waals surface area contributed by atoms with Crippen LogP contribution in [0.1, 0.15) is 35.3 Å². The van der Waals surface area contributed by atoms with Crippen molar-refractivity contribution in [2.75, 3.05) is 13.1 Å². The number of aromatic nitrogens is 1. The first-order valence-electron chi connectivity index (χ1n) is 11.0. The van der Waals surface area contributed by atoms with Crippen LogP contribution < -0.4 is 5.48 Å². The lowest BCUT2D eigenvalue weighted by atomic mass is 10.0. The number of pyridine rings is 1. The maximum absolute atomic E-state index is 11.5. The van der Waals surface area contributed by atoms with E-state index in [4.69, 9.17) is 5.21 Å². The van der Waals surface area contributed by atoms with Crippen molar-refractivity contribution in [3.05, 3.63) is 89.7 Å². The van der Waals surface area contributed by atoms with E-state index in [1.807, 2.05) is 24.4 Å². The minimum absolute atomic E-state index is 0.431. The van der Waals surface area contributed by atoms with E-state index in [2.05, 4.69) is 59.0 Å². The number of nitrogens with zero attached hydrogens (tertiary/aromatic N) is 3. The van der Waals surface area contributed by atoms with Gasteiger partial charge in [0, 0.05) is 56.2 Å². The minimum atomic E-state index is -0.486. The van der Waals surface area contributed by atoms with Crippen molar-refractivity contribution in [3.8, 4) is 11.1 Å². The highest BCUT2D eigenvalue weighted by molar-refractivity contribution is 5.93. The number of hydrogen-bond donors (Lipinski definition) is 2. The smallest absolute Gasteiger partial charge is 0.274 e. The number of rotatable bonds is 6. The Bertz CT molecular complexity index is 1030. The van der Waals surface area contributed by atoms with Crippen LogP contribution in [0.3, 0.4) is 0 Å². The van der Waals surface area contributed by atoms with E-state index in [9.17, 15) is 4.79 Å². The number of benzene rings is 2. The zero-order valence-electron chi connectivity index (χ0n) is 18.6. The Labute approximate surface area is 189 Å². The number of piperazine rings is 1. The van der Waals surface area contributed by atoms with Gasteiger partial charge in [-0.2, -0.15) is 0 Å². The first kappa shape index (κ1) is 22.1. The Morgan fingerprint density at radius 3 is 2.34 bits per heavy atom. The number of carbonyl (C=O) groups excluding carboxylic acids is 1. The molecule has 1 aromatic heterocycles. The Balaban J connectivity index is 1.39. The molecule has 0 aliphatic carbocycles. The van der Waals surface area contributed by atoms with Gasteiger partial charge in [0.1, 0.15) is 0 Å². The van der Waals surface area contributed by atoms with Crippen molar-refractivity contribution in [2.24, 2.45) is 0 Å². The summed E-state index contributed by atoms with van der Waals surface area (Å²) in [5.41, 5.74) is 6.95. The molecule has 2 atom stereocenters. The van der Waals surface area contributed by atoms with E-state index >= 15 is 0 Å². The summed E-state index contributed by atoms with van der Waals surface area (Å²) >= 11 is 0. The van der Waals surface area contributed by atoms with E-state index in [0.717, 1.165) is 37.3 Å². The van der Waals surface area contributed by atoms with Gasteiger partial charge >= 0.3 is 0 Å². The van der Waals surface area contributed by atoms with Gasteiger partial charge in [-0.3, -0.25) is 24.8 Å². The fourth-order valence-corrected chi connectivity index (χ4v) is 4.58. The molecule has 0 radical (unpaired) electrons. The quantitative estimate of drug-likeness (QED) is 0.458. The van der Waals surface area contributed by atoms with Crippen LogP contribution >= 0.6 is 0 Å². The third-order valence-corrected chi connectivity index (χ3v) is 6.19. The van der Waals surface area contributed by atoms with Crippen LogP contribution in [0.15, 0.2) is 73.1 Å². The number of carbonyl (C=O) groups is 1. The topological polar surface area (TPSA) is 68.7 Å². The zero-order chi connectivity index (χ0) is 22.5. The van der Waals surface area contributed by atoms with Gasteiger partial charge in [-0.05, 0) is 60.4 Å². The Kier molecular flexibility index (Phi) is 6.95. The van der Waals surface area contributed by atoms with E-state index in [-0.39, 0.29) is 0 Å². The van der Waals surface area contributed by atoms with Gasteiger partial charge in [-0.1, -0.05) is 36.4 Å². The molecule has 2 aromatic carbocycles. The molecule has 0 bridgehead atoms. The molecule has 32 heavy (non-hydrogen) atoms. The van der Waals surface area contributed by atoms with Gasteiger partial charge in [0.05, 0.1) is 0 Å². The average molecular weight is 431 g/mol. The van der Waals surface area contributed by atoms with Crippen LogP contribution in [0, 0.1) is 0 Å². The summed E-state index contributed by atoms with van der Waals surface area (Å²) in [4.78, 5) is 20.8. The normalized spacial score (nSPS) is 19.6. The van der Waals surface area contributed by atoms with E-state index in [0.29, 0.717) is 17.6 Å². The second-order valence-electron chi connectivity index (χ2n) is 8.64. The van der Waals surface area contributed by atoms with Gasteiger partial charge in [0.15, 0.2) is 0 Å². The molecule has 1 aliphatic rings. The molecule has 1 amide bonds. The second kappa shape index (κ2) is 10.0. The van der Waals surface area contributed by atoms with E-state index in [1.165, 1.54) is 11.1 Å². The monoisotopic (exact) mass is 430 g/mol. The molecular weight excluding hydrogens is 400 g/mol. The van der Waals surface area contributed by atoms with Crippen molar-refractivity contribution in [1.82, 2.24) is 20.3 Å². The SMILES string of the molecule is CC1CN(Cc2ccc(C(=O)NO)cc2)CC(C)N1Cc1cccc(-c2cccnc2)c1. The van der Waals surface area contributed by atoms with Crippen LogP contribution in [0.4, 0.5) is 0 Å². The average Bonchev–Trinajstić information content (AvgIpc) is 2.82. The number of hydrogen-bond acceptors (Lipinski definition) is 5. The lowest BCUT2D eigenvalue weighted by Gasteiger charge is -2.44. The first-order valence-corrected chi connectivity index (χ1v) is 11.0. The Morgan fingerprint density at radius 2 is 1.69 bits per heavy atom. The van der Waals surface area contributed by atoms with Crippen LogP contribution in [-0.2, 0) is 13.1 Å². The zero-order valence-corrected chi connectivity index (χ0v) is 18.6. The molecule has 1 aliphatic heterocycles. The summed E-state index contributed by atoms with van der Waals surface area (Å²) in [7, 11) is 0. The number of nitrogens with one attached hydrogen (secondary N) is 1. The minimum Gasteiger partial charge on any atom is -0.296 e. The number of hydroxylamine groups is 1. The lowest BCUT2D eigenvalue weighted by molar-refractivity contribution is 0.0290. The molecule has 4 rings (SSSR count). The summed E-state index contributed by atoms with van der Waals surface area (Å²) in [6.45, 7) is 8.34. The molecule has 2 heterocycles. The third-order valence-electron chi connectivity index (χ3n) is 6.19. The maximum atomic E-state index is 11.5. The molecule has 0 saturated carbocycles. The van der Waals surface area contributed by atoms with Gasteiger partial charge in [0.2, 0.25) is 0 Å². The van der Waals surface area contributed by atoms with Gasteiger partial charge in [0.25, 0.3) is 5.91 Å². The molecule has 0 spiro atoms. The third kappa shape index (κ3) is 5.22. The van der Waals surface area contributed by atoms with Crippen LogP contribution in [0.2, 0.25) is 0 Å². The molecule has 2 N–H and O–H groups in total. The largest absolute Gasteiger partial charge is 0.296 e. The molecule has 6 nitrogen and oxygen atoms in total. The predicted molar refractivity (Wildman–Crippen MR) is 125 cm³/mol. The van der Waals surface area contributed by atoms with Crippen LogP contribution in [-0.4, -0.2) is 51.1 Å². The highest BCUT2D eigenvalue weighted by Gasteiger charge is 2.29. The van der Waals surface area contributed by atoms with Crippen molar-refractivity contribution in [1.29, 1.82) is 0 Å². The molecular formula is C26H30N4O2. The molecule has 6 heteroatoms. The van der Waals surface area contributed by atoms with Crippen molar-refractivity contribution >= 4 is 5.91 Å². The molecule has 3 aromatic rings. The van der Waals surface area contributed by atoms with Gasteiger partial charge in [-0.15, -0.1) is 0 Å². The van der Waals surface area contributed by atoms with Crippen molar-refractivity contribution in [3.63, 3.8) is 0 Å². The predicted octanol–water partition coefficient (Wildman–Crippen LogP) is 3.96. The summed E-state index contributed by atoms with van der Waals surface area (Å²) in [5, 5.41) is 8.77. The van der Waals surface area contributed by atoms with E-state index in [1.54, 1.807) is 23.8 Å². The number of amides is 1. The summed E-state index contributed by atoms with van der Waals surface area (Å²) in [6, 6.07) is 21.1. The summed E-state index contributed by atoms with van der Waals surface area (Å²) in [6.07, 6.45) is 3.71. The molecule has 1 saturated heterocycles. The standard InChI is InChI=1S/C26H30N4O2/c1-19-15-29(17-21-8-10-23(11-9-21)26(31)28-32)16-20(2)30(19)18-22-5-3-6-24(13-22)25-7-4-12-27-14-25/h3-14,19-20,32H,15-18H2,1-2H3,(H,28,31). The highest BCUT2D eigenvalue weighted by Crippen LogP contribution is 2.24. The fourth-order valence-electron chi connectivity index (χ4n) is 4.58. The van der Waals surface area contributed by atoms with E-state index < -0.39 is 5.91 Å². The summed E-state index contributed by atoms with van der Waals surface area (Å²) < 4.78 is 0. The highest BCUT2D eigenvalue weighted by atomic mass is 16.5. The van der Waals surface area contributed by atoms with Gasteiger partial charge < -0.3 is 0 Å². The first-order chi connectivity index (χ1) is 15.5. The maximum Gasteiger partial charge on any atom is 0.274 e. The van der Waals surface area contributed by atoms with Crippen LogP contribution in [0.5, 0.6) is 0 Å². The molecule has 1 fully saturated rings. The second-order valence-corrected chi connectivity index (χ2v) is 8.64. The van der Waals surface area contributed by atoms with Crippen molar-refractivity contribution in [2.45, 2.75) is 39.0 Å².